The molecule has 0 radical (unpaired) electrons. The van der Waals surface area contributed by atoms with Gasteiger partial charge in [0, 0.05) is 19.6 Å². The van der Waals surface area contributed by atoms with Gasteiger partial charge >= 0.3 is 0 Å². The summed E-state index contributed by atoms with van der Waals surface area (Å²) in [6.07, 6.45) is 7.13. The van der Waals surface area contributed by atoms with Crippen molar-refractivity contribution in [3.05, 3.63) is 34.9 Å². The zero-order valence-corrected chi connectivity index (χ0v) is 11.7. The fraction of sp³-hybridized carbons (Fsp3) is 0.647. The number of rotatable bonds is 5. The standard InChI is InChI=1S/C17H24N2/c1-2-13-10-18-9-6-16(13)14(3-1)11-19-12-17(7-8-17)15-4-5-15/h1-3,15,18-19H,4-12H2. The lowest BCUT2D eigenvalue weighted by Gasteiger charge is -2.21. The van der Waals surface area contributed by atoms with Crippen LogP contribution in [0, 0.1) is 11.3 Å². The van der Waals surface area contributed by atoms with Gasteiger partial charge in [0.25, 0.3) is 0 Å². The van der Waals surface area contributed by atoms with Crippen molar-refractivity contribution in [3.8, 4) is 0 Å². The van der Waals surface area contributed by atoms with Gasteiger partial charge in [-0.15, -0.1) is 0 Å². The van der Waals surface area contributed by atoms with Crippen molar-refractivity contribution < 1.29 is 0 Å². The Morgan fingerprint density at radius 3 is 2.95 bits per heavy atom. The zero-order valence-electron chi connectivity index (χ0n) is 11.7. The van der Waals surface area contributed by atoms with E-state index >= 15 is 0 Å². The maximum absolute atomic E-state index is 3.76. The highest BCUT2D eigenvalue weighted by molar-refractivity contribution is 5.37. The van der Waals surface area contributed by atoms with E-state index in [9.17, 15) is 0 Å². The summed E-state index contributed by atoms with van der Waals surface area (Å²) in [6, 6.07) is 6.81. The Balaban J connectivity index is 1.40. The Morgan fingerprint density at radius 2 is 2.16 bits per heavy atom. The Bertz CT molecular complexity index is 472. The molecule has 0 atom stereocenters. The van der Waals surface area contributed by atoms with E-state index in [1.807, 2.05) is 0 Å². The molecule has 102 valence electrons. The van der Waals surface area contributed by atoms with Gasteiger partial charge < -0.3 is 10.6 Å². The highest BCUT2D eigenvalue weighted by Gasteiger charge is 2.53. The van der Waals surface area contributed by atoms with Crippen LogP contribution in [0.4, 0.5) is 0 Å². The molecular formula is C17H24N2. The highest BCUT2D eigenvalue weighted by Crippen LogP contribution is 2.60. The molecule has 1 aliphatic heterocycles. The van der Waals surface area contributed by atoms with E-state index in [1.165, 1.54) is 49.8 Å². The lowest BCUT2D eigenvalue weighted by molar-refractivity contribution is 0.403. The van der Waals surface area contributed by atoms with Crippen molar-refractivity contribution in [1.29, 1.82) is 0 Å². The molecule has 2 saturated carbocycles. The quantitative estimate of drug-likeness (QED) is 0.846. The largest absolute Gasteiger partial charge is 0.312 e. The van der Waals surface area contributed by atoms with E-state index in [0.29, 0.717) is 0 Å². The topological polar surface area (TPSA) is 24.1 Å². The molecule has 2 heteroatoms. The second-order valence-electron chi connectivity index (χ2n) is 6.72. The minimum Gasteiger partial charge on any atom is -0.312 e. The van der Waals surface area contributed by atoms with Crippen molar-refractivity contribution in [2.75, 3.05) is 13.1 Å². The SMILES string of the molecule is c1cc2c(c(CNCC3(C4CC4)CC3)c1)CCNC2. The first-order valence-corrected chi connectivity index (χ1v) is 7.88. The Kier molecular flexibility index (Phi) is 2.89. The maximum atomic E-state index is 3.76. The average Bonchev–Trinajstić information content (AvgIpc) is 3.32. The number of hydrogen-bond donors (Lipinski definition) is 2. The maximum Gasteiger partial charge on any atom is 0.0208 e. The van der Waals surface area contributed by atoms with Crippen LogP contribution in [-0.4, -0.2) is 13.1 Å². The summed E-state index contributed by atoms with van der Waals surface area (Å²) in [7, 11) is 0. The third-order valence-corrected chi connectivity index (χ3v) is 5.37. The summed E-state index contributed by atoms with van der Waals surface area (Å²) < 4.78 is 0. The molecule has 2 nitrogen and oxygen atoms in total. The normalized spacial score (nSPS) is 24.0. The van der Waals surface area contributed by atoms with Gasteiger partial charge in [-0.25, -0.2) is 0 Å². The van der Waals surface area contributed by atoms with E-state index in [2.05, 4.69) is 28.8 Å². The molecule has 4 rings (SSSR count). The van der Waals surface area contributed by atoms with E-state index in [4.69, 9.17) is 0 Å². The number of fused-ring (bicyclic) bond motifs is 1. The fourth-order valence-corrected chi connectivity index (χ4v) is 3.81. The summed E-state index contributed by atoms with van der Waals surface area (Å²) >= 11 is 0. The van der Waals surface area contributed by atoms with E-state index in [1.54, 1.807) is 5.56 Å². The van der Waals surface area contributed by atoms with Crippen molar-refractivity contribution in [2.45, 2.75) is 45.2 Å². The van der Waals surface area contributed by atoms with Crippen LogP contribution in [0.2, 0.25) is 0 Å². The summed E-state index contributed by atoms with van der Waals surface area (Å²) in [5.41, 5.74) is 5.36. The van der Waals surface area contributed by atoms with Crippen LogP contribution < -0.4 is 10.6 Å². The summed E-state index contributed by atoms with van der Waals surface area (Å²) in [6.45, 7) is 4.50. The van der Waals surface area contributed by atoms with Crippen LogP contribution in [0.25, 0.3) is 0 Å². The van der Waals surface area contributed by atoms with Gasteiger partial charge in [-0.05, 0) is 66.7 Å². The summed E-state index contributed by atoms with van der Waals surface area (Å²) in [5, 5.41) is 7.22. The fourth-order valence-electron chi connectivity index (χ4n) is 3.81. The van der Waals surface area contributed by atoms with Crippen molar-refractivity contribution in [2.24, 2.45) is 11.3 Å². The van der Waals surface area contributed by atoms with Gasteiger partial charge in [-0.2, -0.15) is 0 Å². The third-order valence-electron chi connectivity index (χ3n) is 5.37. The molecule has 2 fully saturated rings. The first kappa shape index (κ1) is 11.9. The zero-order chi connectivity index (χ0) is 12.7. The number of hydrogen-bond acceptors (Lipinski definition) is 2. The predicted molar refractivity (Wildman–Crippen MR) is 78.0 cm³/mol. The molecule has 19 heavy (non-hydrogen) atoms. The predicted octanol–water partition coefficient (Wildman–Crippen LogP) is 2.61. The average molecular weight is 256 g/mol. The Labute approximate surface area is 116 Å². The van der Waals surface area contributed by atoms with Gasteiger partial charge in [-0.3, -0.25) is 0 Å². The van der Waals surface area contributed by atoms with Gasteiger partial charge in [0.05, 0.1) is 0 Å². The highest BCUT2D eigenvalue weighted by atomic mass is 14.9. The van der Waals surface area contributed by atoms with Gasteiger partial charge in [0.15, 0.2) is 0 Å². The molecule has 0 spiro atoms. The second kappa shape index (κ2) is 4.60. The van der Waals surface area contributed by atoms with E-state index in [-0.39, 0.29) is 0 Å². The number of nitrogens with one attached hydrogen (secondary N) is 2. The van der Waals surface area contributed by atoms with Gasteiger partial charge in [-0.1, -0.05) is 18.2 Å². The third kappa shape index (κ3) is 2.32. The van der Waals surface area contributed by atoms with Crippen LogP contribution in [-0.2, 0) is 19.5 Å². The van der Waals surface area contributed by atoms with E-state index < -0.39 is 0 Å². The van der Waals surface area contributed by atoms with Crippen molar-refractivity contribution in [1.82, 2.24) is 10.6 Å². The smallest absolute Gasteiger partial charge is 0.0208 e. The molecule has 1 aromatic rings. The minimum absolute atomic E-state index is 0.719. The molecule has 0 amide bonds. The van der Waals surface area contributed by atoms with Crippen LogP contribution in [0.15, 0.2) is 18.2 Å². The molecule has 0 saturated heterocycles. The minimum atomic E-state index is 0.719. The lowest BCUT2D eigenvalue weighted by Crippen LogP contribution is -2.28. The first-order chi connectivity index (χ1) is 9.37. The molecule has 1 heterocycles. The number of benzene rings is 1. The molecule has 3 aliphatic rings. The second-order valence-corrected chi connectivity index (χ2v) is 6.72. The van der Waals surface area contributed by atoms with Crippen LogP contribution in [0.1, 0.15) is 42.4 Å². The van der Waals surface area contributed by atoms with Gasteiger partial charge in [0.1, 0.15) is 0 Å². The van der Waals surface area contributed by atoms with Crippen LogP contribution in [0.3, 0.4) is 0 Å². The first-order valence-electron chi connectivity index (χ1n) is 7.88. The van der Waals surface area contributed by atoms with Gasteiger partial charge in [0.2, 0.25) is 0 Å². The lowest BCUT2D eigenvalue weighted by atomic mass is 9.95. The molecule has 2 N–H and O–H groups in total. The summed E-state index contributed by atoms with van der Waals surface area (Å²) in [4.78, 5) is 0. The summed E-state index contributed by atoms with van der Waals surface area (Å²) in [5.74, 6) is 1.06. The molecule has 0 unspecified atom stereocenters. The molecule has 0 aromatic heterocycles. The Hall–Kier alpha value is -0.860. The molecule has 2 aliphatic carbocycles. The molecule has 1 aromatic carbocycles. The van der Waals surface area contributed by atoms with E-state index in [0.717, 1.165) is 31.0 Å². The van der Waals surface area contributed by atoms with Crippen molar-refractivity contribution in [3.63, 3.8) is 0 Å². The van der Waals surface area contributed by atoms with Crippen molar-refractivity contribution >= 4 is 0 Å². The molecule has 0 bridgehead atoms. The Morgan fingerprint density at radius 1 is 1.26 bits per heavy atom. The van der Waals surface area contributed by atoms with Crippen LogP contribution in [0.5, 0.6) is 0 Å². The monoisotopic (exact) mass is 256 g/mol. The molecular weight excluding hydrogens is 232 g/mol. The van der Waals surface area contributed by atoms with Crippen LogP contribution >= 0.6 is 0 Å².